The fourth-order valence-corrected chi connectivity index (χ4v) is 4.45. The number of hydrogen-bond acceptors (Lipinski definition) is 7. The number of para-hydroxylation sites is 1. The van der Waals surface area contributed by atoms with Gasteiger partial charge in [0, 0.05) is 11.4 Å². The maximum Gasteiger partial charge on any atom is 0.342 e. The molecule has 0 saturated heterocycles. The SMILES string of the molecule is COC(=O)c1c(C)oc(NC(=O)CCCOc2ccc(Cl)cc2)c1-c1nc2ccccc2s1. The Morgan fingerprint density at radius 3 is 2.64 bits per heavy atom. The molecule has 4 rings (SSSR count). The van der Waals surface area contributed by atoms with Gasteiger partial charge in [0.05, 0.1) is 29.5 Å². The number of hydrogen-bond donors (Lipinski definition) is 1. The molecule has 0 radical (unpaired) electrons. The molecule has 0 aliphatic rings. The summed E-state index contributed by atoms with van der Waals surface area (Å²) in [6.07, 6.45) is 0.703. The lowest BCUT2D eigenvalue weighted by Crippen LogP contribution is -2.13. The van der Waals surface area contributed by atoms with Gasteiger partial charge in [-0.25, -0.2) is 9.78 Å². The number of nitrogens with zero attached hydrogens (tertiary/aromatic N) is 1. The van der Waals surface area contributed by atoms with E-state index in [0.717, 1.165) is 10.2 Å². The first-order valence-electron chi connectivity index (χ1n) is 10.2. The number of aromatic nitrogens is 1. The van der Waals surface area contributed by atoms with E-state index in [-0.39, 0.29) is 23.8 Å². The number of methoxy groups -OCH3 is 1. The van der Waals surface area contributed by atoms with Crippen LogP contribution in [0, 0.1) is 6.92 Å². The maximum absolute atomic E-state index is 12.6. The average molecular weight is 485 g/mol. The van der Waals surface area contributed by atoms with E-state index < -0.39 is 5.97 Å². The number of carbonyl (C=O) groups excluding carboxylic acids is 2. The summed E-state index contributed by atoms with van der Waals surface area (Å²) in [7, 11) is 1.30. The molecule has 9 heteroatoms. The third-order valence-corrected chi connectivity index (χ3v) is 6.17. The van der Waals surface area contributed by atoms with Crippen molar-refractivity contribution in [1.29, 1.82) is 0 Å². The molecule has 2 aromatic carbocycles. The molecule has 0 unspecified atom stereocenters. The van der Waals surface area contributed by atoms with Crippen LogP contribution in [0.2, 0.25) is 5.02 Å². The van der Waals surface area contributed by atoms with Crippen LogP contribution in [-0.4, -0.2) is 30.6 Å². The zero-order valence-electron chi connectivity index (χ0n) is 18.0. The topological polar surface area (TPSA) is 90.7 Å². The number of rotatable bonds is 8. The highest BCUT2D eigenvalue weighted by Gasteiger charge is 2.28. The molecule has 170 valence electrons. The summed E-state index contributed by atoms with van der Waals surface area (Å²) in [5.41, 5.74) is 1.47. The maximum atomic E-state index is 12.6. The summed E-state index contributed by atoms with van der Waals surface area (Å²) in [6, 6.07) is 14.7. The number of halogens is 1. The molecule has 2 aromatic heterocycles. The summed E-state index contributed by atoms with van der Waals surface area (Å²) < 4.78 is 17.3. The minimum Gasteiger partial charge on any atom is -0.494 e. The number of ether oxygens (including phenoxy) is 2. The average Bonchev–Trinajstić information content (AvgIpc) is 3.37. The van der Waals surface area contributed by atoms with Crippen LogP contribution in [0.5, 0.6) is 5.75 Å². The van der Waals surface area contributed by atoms with Gasteiger partial charge in [0.2, 0.25) is 11.8 Å². The van der Waals surface area contributed by atoms with Crippen molar-refractivity contribution in [3.63, 3.8) is 0 Å². The molecule has 0 spiro atoms. The highest BCUT2D eigenvalue weighted by Crippen LogP contribution is 2.40. The van der Waals surface area contributed by atoms with E-state index >= 15 is 0 Å². The van der Waals surface area contributed by atoms with E-state index in [2.05, 4.69) is 10.3 Å². The zero-order chi connectivity index (χ0) is 23.4. The number of anilines is 1. The highest BCUT2D eigenvalue weighted by atomic mass is 35.5. The summed E-state index contributed by atoms with van der Waals surface area (Å²) in [5, 5.41) is 3.97. The van der Waals surface area contributed by atoms with Crippen molar-refractivity contribution in [3.05, 3.63) is 64.9 Å². The number of amides is 1. The third-order valence-electron chi connectivity index (χ3n) is 4.87. The molecule has 4 aromatic rings. The standard InChI is InChI=1S/C24H21ClN2O5S/c1-14-20(24(29)30-2)21(23-26-17-6-3-4-7-18(17)33-23)22(32-14)27-19(28)8-5-13-31-16-11-9-15(25)10-12-16/h3-4,6-7,9-12H,5,8,13H2,1-2H3,(H,27,28). The predicted octanol–water partition coefficient (Wildman–Crippen LogP) is 6.10. The van der Waals surface area contributed by atoms with Crippen LogP contribution in [0.15, 0.2) is 52.9 Å². The smallest absolute Gasteiger partial charge is 0.342 e. The van der Waals surface area contributed by atoms with Crippen LogP contribution in [-0.2, 0) is 9.53 Å². The monoisotopic (exact) mass is 484 g/mol. The molecule has 0 saturated carbocycles. The molecular formula is C24H21ClN2O5S. The van der Waals surface area contributed by atoms with Crippen molar-refractivity contribution in [2.24, 2.45) is 0 Å². The minimum absolute atomic E-state index is 0.176. The van der Waals surface area contributed by atoms with Gasteiger partial charge in [-0.3, -0.25) is 10.1 Å². The quantitative estimate of drug-likeness (QED) is 0.240. The molecule has 0 aliphatic carbocycles. The van der Waals surface area contributed by atoms with Gasteiger partial charge in [0.1, 0.15) is 22.1 Å². The summed E-state index contributed by atoms with van der Waals surface area (Å²) in [4.78, 5) is 29.7. The Morgan fingerprint density at radius 1 is 1.15 bits per heavy atom. The first-order chi connectivity index (χ1) is 16.0. The highest BCUT2D eigenvalue weighted by molar-refractivity contribution is 7.21. The molecule has 0 aliphatic heterocycles. The van der Waals surface area contributed by atoms with Crippen LogP contribution in [0.3, 0.4) is 0 Å². The Kier molecular flexibility index (Phi) is 6.96. The van der Waals surface area contributed by atoms with E-state index in [1.165, 1.54) is 18.4 Å². The number of fused-ring (bicyclic) bond motifs is 1. The lowest BCUT2D eigenvalue weighted by atomic mass is 10.1. The van der Waals surface area contributed by atoms with Gasteiger partial charge in [0.15, 0.2) is 0 Å². The number of thiazole rings is 1. The fraction of sp³-hybridized carbons (Fsp3) is 0.208. The van der Waals surface area contributed by atoms with Crippen LogP contribution in [0.4, 0.5) is 5.88 Å². The predicted molar refractivity (Wildman–Crippen MR) is 128 cm³/mol. The van der Waals surface area contributed by atoms with E-state index in [9.17, 15) is 9.59 Å². The number of aryl methyl sites for hydroxylation is 1. The number of furan rings is 1. The zero-order valence-corrected chi connectivity index (χ0v) is 19.6. The summed E-state index contributed by atoms with van der Waals surface area (Å²) in [6.45, 7) is 2.02. The lowest BCUT2D eigenvalue weighted by Gasteiger charge is -2.07. The van der Waals surface area contributed by atoms with Crippen LogP contribution < -0.4 is 10.1 Å². The number of esters is 1. The molecule has 0 bridgehead atoms. The van der Waals surface area contributed by atoms with Gasteiger partial charge in [-0.15, -0.1) is 11.3 Å². The first kappa shape index (κ1) is 22.8. The fourth-order valence-electron chi connectivity index (χ4n) is 3.31. The van der Waals surface area contributed by atoms with Crippen molar-refractivity contribution < 1.29 is 23.5 Å². The summed E-state index contributed by atoms with van der Waals surface area (Å²) in [5.74, 6) is 0.389. The lowest BCUT2D eigenvalue weighted by molar-refractivity contribution is -0.116. The Balaban J connectivity index is 1.50. The molecular weight excluding hydrogens is 464 g/mol. The molecule has 2 heterocycles. The van der Waals surface area contributed by atoms with Gasteiger partial charge >= 0.3 is 5.97 Å². The Hall–Kier alpha value is -3.36. The normalized spacial score (nSPS) is 10.9. The van der Waals surface area contributed by atoms with E-state index in [1.807, 2.05) is 24.3 Å². The van der Waals surface area contributed by atoms with Crippen molar-refractivity contribution >= 4 is 50.9 Å². The summed E-state index contributed by atoms with van der Waals surface area (Å²) >= 11 is 7.27. The van der Waals surface area contributed by atoms with Gasteiger partial charge in [-0.1, -0.05) is 23.7 Å². The Labute approximate surface area is 199 Å². The second-order valence-electron chi connectivity index (χ2n) is 7.17. The second kappa shape index (κ2) is 10.1. The molecule has 1 N–H and O–H groups in total. The van der Waals surface area contributed by atoms with Gasteiger partial charge < -0.3 is 13.9 Å². The van der Waals surface area contributed by atoms with E-state index in [1.54, 1.807) is 31.2 Å². The third kappa shape index (κ3) is 5.18. The Morgan fingerprint density at radius 2 is 1.91 bits per heavy atom. The molecule has 0 fully saturated rings. The number of benzene rings is 2. The van der Waals surface area contributed by atoms with Crippen molar-refractivity contribution in [2.75, 3.05) is 19.0 Å². The molecule has 0 atom stereocenters. The number of carbonyl (C=O) groups is 2. The first-order valence-corrected chi connectivity index (χ1v) is 11.4. The van der Waals surface area contributed by atoms with Gasteiger partial charge in [0.25, 0.3) is 0 Å². The van der Waals surface area contributed by atoms with Crippen LogP contribution in [0.1, 0.15) is 29.0 Å². The molecule has 33 heavy (non-hydrogen) atoms. The second-order valence-corrected chi connectivity index (χ2v) is 8.64. The van der Waals surface area contributed by atoms with Crippen molar-refractivity contribution in [2.45, 2.75) is 19.8 Å². The minimum atomic E-state index is -0.553. The van der Waals surface area contributed by atoms with E-state index in [4.69, 9.17) is 25.5 Å². The van der Waals surface area contributed by atoms with Gasteiger partial charge in [-0.05, 0) is 49.7 Å². The largest absolute Gasteiger partial charge is 0.494 e. The van der Waals surface area contributed by atoms with Crippen LogP contribution >= 0.6 is 22.9 Å². The Bertz CT molecular complexity index is 1260. The van der Waals surface area contributed by atoms with E-state index in [0.29, 0.717) is 40.1 Å². The van der Waals surface area contributed by atoms with Gasteiger partial charge in [-0.2, -0.15) is 0 Å². The van der Waals surface area contributed by atoms with Crippen LogP contribution in [0.25, 0.3) is 20.8 Å². The molecule has 1 amide bonds. The van der Waals surface area contributed by atoms with Crippen molar-refractivity contribution in [3.8, 4) is 16.3 Å². The number of nitrogens with one attached hydrogen (secondary N) is 1. The molecule has 7 nitrogen and oxygen atoms in total. The van der Waals surface area contributed by atoms with Crippen molar-refractivity contribution in [1.82, 2.24) is 4.98 Å².